The molecule has 1 fully saturated rings. The molecule has 0 saturated carbocycles. The molecule has 0 radical (unpaired) electrons. The minimum absolute atomic E-state index is 0.177. The van der Waals surface area contributed by atoms with Gasteiger partial charge in [0.2, 0.25) is 0 Å². The van der Waals surface area contributed by atoms with Crippen LogP contribution in [0.1, 0.15) is 24.4 Å². The molecule has 14 heavy (non-hydrogen) atoms. The molecule has 0 spiro atoms. The number of benzene rings is 1. The first-order valence-corrected chi connectivity index (χ1v) is 4.88. The molecule has 2 rings (SSSR count). The van der Waals surface area contributed by atoms with Gasteiger partial charge in [0.1, 0.15) is 11.6 Å². The maximum Gasteiger partial charge on any atom is 0.131 e. The molecule has 1 N–H and O–H groups in total. The minimum atomic E-state index is -0.177. The first-order chi connectivity index (χ1) is 6.81. The Morgan fingerprint density at radius 3 is 2.93 bits per heavy atom. The number of ether oxygens (including phenoxy) is 1. The van der Waals surface area contributed by atoms with E-state index in [4.69, 9.17) is 4.74 Å². The third-order valence-corrected chi connectivity index (χ3v) is 2.64. The summed E-state index contributed by atoms with van der Waals surface area (Å²) in [6.45, 7) is 0.982. The van der Waals surface area contributed by atoms with Crippen molar-refractivity contribution in [3.05, 3.63) is 29.6 Å². The van der Waals surface area contributed by atoms with Gasteiger partial charge in [-0.15, -0.1) is 0 Å². The molecule has 1 saturated heterocycles. The fourth-order valence-electron chi connectivity index (χ4n) is 1.87. The van der Waals surface area contributed by atoms with Gasteiger partial charge < -0.3 is 10.1 Å². The van der Waals surface area contributed by atoms with Crippen LogP contribution in [0.2, 0.25) is 0 Å². The average Bonchev–Trinajstić information content (AvgIpc) is 2.70. The number of nitrogens with one attached hydrogen (secondary N) is 1. The van der Waals surface area contributed by atoms with Gasteiger partial charge in [0, 0.05) is 17.7 Å². The Morgan fingerprint density at radius 1 is 1.50 bits per heavy atom. The molecule has 1 aliphatic heterocycles. The van der Waals surface area contributed by atoms with Crippen LogP contribution in [0.25, 0.3) is 0 Å². The van der Waals surface area contributed by atoms with E-state index < -0.39 is 0 Å². The number of hydrogen-bond acceptors (Lipinski definition) is 2. The number of rotatable bonds is 2. The average molecular weight is 195 g/mol. The predicted molar refractivity (Wildman–Crippen MR) is 52.9 cm³/mol. The van der Waals surface area contributed by atoms with E-state index in [-0.39, 0.29) is 11.9 Å². The second kappa shape index (κ2) is 3.96. The smallest absolute Gasteiger partial charge is 0.131 e. The SMILES string of the molecule is COc1ccc([C@H]2CCCN2)c(F)c1. The molecule has 1 aromatic rings. The zero-order chi connectivity index (χ0) is 9.97. The van der Waals surface area contributed by atoms with Gasteiger partial charge in [0.25, 0.3) is 0 Å². The van der Waals surface area contributed by atoms with Crippen LogP contribution in [-0.4, -0.2) is 13.7 Å². The molecule has 0 bridgehead atoms. The summed E-state index contributed by atoms with van der Waals surface area (Å²) in [5.74, 6) is 0.396. The van der Waals surface area contributed by atoms with Crippen molar-refractivity contribution in [1.82, 2.24) is 5.32 Å². The lowest BCUT2D eigenvalue weighted by atomic mass is 10.0. The Morgan fingerprint density at radius 2 is 2.36 bits per heavy atom. The van der Waals surface area contributed by atoms with E-state index in [0.29, 0.717) is 5.75 Å². The number of halogens is 1. The maximum absolute atomic E-state index is 13.6. The Hall–Kier alpha value is -1.09. The summed E-state index contributed by atoms with van der Waals surface area (Å²) in [5, 5.41) is 3.27. The first kappa shape index (κ1) is 9.46. The summed E-state index contributed by atoms with van der Waals surface area (Å²) in [6.07, 6.45) is 2.14. The number of hydrogen-bond donors (Lipinski definition) is 1. The fourth-order valence-corrected chi connectivity index (χ4v) is 1.87. The molecule has 0 aromatic heterocycles. The molecule has 3 heteroatoms. The van der Waals surface area contributed by atoms with Crippen molar-refractivity contribution in [2.24, 2.45) is 0 Å². The van der Waals surface area contributed by atoms with E-state index in [9.17, 15) is 4.39 Å². The Bertz CT molecular complexity index is 321. The van der Waals surface area contributed by atoms with Crippen LogP contribution < -0.4 is 10.1 Å². The highest BCUT2D eigenvalue weighted by Crippen LogP contribution is 2.27. The van der Waals surface area contributed by atoms with Gasteiger partial charge >= 0.3 is 0 Å². The van der Waals surface area contributed by atoms with Crippen LogP contribution in [0.4, 0.5) is 4.39 Å². The van der Waals surface area contributed by atoms with Gasteiger partial charge in [-0.1, -0.05) is 6.07 Å². The zero-order valence-corrected chi connectivity index (χ0v) is 8.22. The summed E-state index contributed by atoms with van der Waals surface area (Å²) >= 11 is 0. The number of methoxy groups -OCH3 is 1. The fraction of sp³-hybridized carbons (Fsp3) is 0.455. The Kier molecular flexibility index (Phi) is 2.68. The van der Waals surface area contributed by atoms with Crippen molar-refractivity contribution < 1.29 is 9.13 Å². The molecular formula is C11H14FNO. The van der Waals surface area contributed by atoms with Crippen molar-refractivity contribution >= 4 is 0 Å². The summed E-state index contributed by atoms with van der Waals surface area (Å²) in [6, 6.07) is 5.23. The molecule has 2 nitrogen and oxygen atoms in total. The third-order valence-electron chi connectivity index (χ3n) is 2.64. The lowest BCUT2D eigenvalue weighted by Crippen LogP contribution is -2.14. The van der Waals surface area contributed by atoms with E-state index in [1.807, 2.05) is 0 Å². The van der Waals surface area contributed by atoms with Crippen LogP contribution >= 0.6 is 0 Å². The quantitative estimate of drug-likeness (QED) is 0.781. The van der Waals surface area contributed by atoms with E-state index in [2.05, 4.69) is 5.32 Å². The molecule has 0 amide bonds. The van der Waals surface area contributed by atoms with E-state index in [0.717, 1.165) is 24.9 Å². The van der Waals surface area contributed by atoms with E-state index in [1.54, 1.807) is 19.2 Å². The third kappa shape index (κ3) is 1.73. The lowest BCUT2D eigenvalue weighted by molar-refractivity contribution is 0.410. The standard InChI is InChI=1S/C11H14FNO/c1-14-8-4-5-9(10(12)7-8)11-3-2-6-13-11/h4-5,7,11,13H,2-3,6H2,1H3/t11-/m1/s1. The first-order valence-electron chi connectivity index (χ1n) is 4.88. The van der Waals surface area contributed by atoms with E-state index >= 15 is 0 Å². The molecule has 1 heterocycles. The summed E-state index contributed by atoms with van der Waals surface area (Å²) in [4.78, 5) is 0. The molecule has 0 aliphatic carbocycles. The van der Waals surface area contributed by atoms with Gasteiger partial charge in [-0.2, -0.15) is 0 Å². The topological polar surface area (TPSA) is 21.3 Å². The zero-order valence-electron chi connectivity index (χ0n) is 8.22. The van der Waals surface area contributed by atoms with Crippen molar-refractivity contribution in [1.29, 1.82) is 0 Å². The van der Waals surface area contributed by atoms with Gasteiger partial charge in [0.05, 0.1) is 7.11 Å². The molecule has 1 atom stereocenters. The van der Waals surface area contributed by atoms with Crippen molar-refractivity contribution in [2.45, 2.75) is 18.9 Å². The van der Waals surface area contributed by atoms with Crippen LogP contribution in [-0.2, 0) is 0 Å². The van der Waals surface area contributed by atoms with Crippen molar-refractivity contribution in [3.63, 3.8) is 0 Å². The summed E-state index contributed by atoms with van der Waals surface area (Å²) in [7, 11) is 1.54. The lowest BCUT2D eigenvalue weighted by Gasteiger charge is -2.12. The maximum atomic E-state index is 13.6. The highest BCUT2D eigenvalue weighted by Gasteiger charge is 2.19. The van der Waals surface area contributed by atoms with Crippen molar-refractivity contribution in [3.8, 4) is 5.75 Å². The summed E-state index contributed by atoms with van der Waals surface area (Å²) < 4.78 is 18.5. The highest BCUT2D eigenvalue weighted by molar-refractivity contribution is 5.31. The Balaban J connectivity index is 2.25. The van der Waals surface area contributed by atoms with Crippen LogP contribution in [0.15, 0.2) is 18.2 Å². The summed E-state index contributed by atoms with van der Waals surface area (Å²) in [5.41, 5.74) is 0.753. The van der Waals surface area contributed by atoms with Gasteiger partial charge in [0.15, 0.2) is 0 Å². The molecule has 1 aromatic carbocycles. The molecule has 0 unspecified atom stereocenters. The molecule has 1 aliphatic rings. The normalized spacial score (nSPS) is 21.1. The largest absolute Gasteiger partial charge is 0.497 e. The van der Waals surface area contributed by atoms with Crippen LogP contribution in [0.5, 0.6) is 5.75 Å². The van der Waals surface area contributed by atoms with Crippen molar-refractivity contribution in [2.75, 3.05) is 13.7 Å². The predicted octanol–water partition coefficient (Wildman–Crippen LogP) is 2.26. The minimum Gasteiger partial charge on any atom is -0.497 e. The van der Waals surface area contributed by atoms with Gasteiger partial charge in [-0.3, -0.25) is 0 Å². The second-order valence-corrected chi connectivity index (χ2v) is 3.54. The van der Waals surface area contributed by atoms with Gasteiger partial charge in [-0.25, -0.2) is 4.39 Å². The molecular weight excluding hydrogens is 181 g/mol. The Labute approximate surface area is 83.1 Å². The molecule has 76 valence electrons. The van der Waals surface area contributed by atoms with Crippen LogP contribution in [0.3, 0.4) is 0 Å². The van der Waals surface area contributed by atoms with E-state index in [1.165, 1.54) is 6.07 Å². The van der Waals surface area contributed by atoms with Gasteiger partial charge in [-0.05, 0) is 25.5 Å². The highest BCUT2D eigenvalue weighted by atomic mass is 19.1. The monoisotopic (exact) mass is 195 g/mol. The second-order valence-electron chi connectivity index (χ2n) is 3.54. The van der Waals surface area contributed by atoms with Crippen LogP contribution in [0, 0.1) is 5.82 Å².